The van der Waals surface area contributed by atoms with Crippen LogP contribution in [0.2, 0.25) is 0 Å². The van der Waals surface area contributed by atoms with Crippen LogP contribution in [0.4, 0.5) is 0 Å². The highest BCUT2D eigenvalue weighted by atomic mass is 16.7. The Kier molecular flexibility index (Phi) is 12.8. The van der Waals surface area contributed by atoms with Crippen molar-refractivity contribution in [2.24, 2.45) is 5.11 Å². The molecule has 1 amide bonds. The van der Waals surface area contributed by atoms with E-state index in [1.165, 1.54) is 24.1 Å². The molecule has 1 N–H and O–H groups in total. The molecule has 1 fully saturated rings. The number of hydrogen-bond acceptors (Lipinski definition) is 14. The zero-order valence-corrected chi connectivity index (χ0v) is 23.6. The Labute approximate surface area is 240 Å². The lowest BCUT2D eigenvalue weighted by atomic mass is 9.97. The molecule has 0 saturated carbocycles. The van der Waals surface area contributed by atoms with Gasteiger partial charge in [-0.2, -0.15) is 0 Å². The molecule has 2 rings (SSSR count). The highest BCUT2D eigenvalue weighted by Gasteiger charge is 2.56. The largest absolute Gasteiger partial charge is 0.504 e. The van der Waals surface area contributed by atoms with E-state index in [9.17, 15) is 29.1 Å². The van der Waals surface area contributed by atoms with Crippen LogP contribution in [0.5, 0.6) is 11.5 Å². The number of rotatable bonds is 13. The third kappa shape index (κ3) is 9.50. The maximum Gasteiger partial charge on any atom is 0.339 e. The predicted octanol–water partition coefficient (Wildman–Crippen LogP) is 0.863. The van der Waals surface area contributed by atoms with E-state index in [-0.39, 0.29) is 37.6 Å². The van der Waals surface area contributed by atoms with Gasteiger partial charge < -0.3 is 43.2 Å². The van der Waals surface area contributed by atoms with E-state index in [2.05, 4.69) is 10.0 Å². The van der Waals surface area contributed by atoms with E-state index in [4.69, 9.17) is 38.7 Å². The number of nitrogens with zero attached hydrogens (tertiary/aromatic N) is 4. The number of azide groups is 1. The molecule has 0 unspecified atom stereocenters. The molecule has 5 atom stereocenters. The van der Waals surface area contributed by atoms with Crippen LogP contribution in [0.15, 0.2) is 23.3 Å². The molecule has 1 aromatic carbocycles. The third-order valence-corrected chi connectivity index (χ3v) is 5.60. The molecular formula is C25H32N4O13. The van der Waals surface area contributed by atoms with Gasteiger partial charge in [-0.3, -0.25) is 19.2 Å². The summed E-state index contributed by atoms with van der Waals surface area (Å²) in [6.45, 7) is 3.85. The maximum atomic E-state index is 12.8. The number of phenols is 1. The summed E-state index contributed by atoms with van der Waals surface area (Å²) in [6, 6.07) is 3.68. The molecule has 42 heavy (non-hydrogen) atoms. The van der Waals surface area contributed by atoms with Crippen molar-refractivity contribution in [2.75, 3.05) is 40.5 Å². The minimum absolute atomic E-state index is 0.0812. The smallest absolute Gasteiger partial charge is 0.339 e. The number of aromatic hydroxyl groups is 1. The van der Waals surface area contributed by atoms with Crippen molar-refractivity contribution in [3.63, 3.8) is 0 Å². The first-order valence-corrected chi connectivity index (χ1v) is 12.5. The van der Waals surface area contributed by atoms with E-state index in [1.54, 1.807) is 0 Å². The molecule has 0 aromatic heterocycles. The van der Waals surface area contributed by atoms with Crippen molar-refractivity contribution in [3.8, 4) is 11.5 Å². The van der Waals surface area contributed by atoms with Gasteiger partial charge in [0.05, 0.1) is 20.3 Å². The standard InChI is InChI=1S/C25H32N4O13/c1-13(30)38-19-20(39-14(2)31)22(40-15(3)32)25(42-21(19)24(35)36-5)41-18-7-6-16(12-17(18)33)23(34)29(4)9-11-37-10-8-27-28-26/h6-7,12,19-22,25,33H,8-11H2,1-5H3/t19-,20-,21-,22+,25+/m0/s1. The Morgan fingerprint density at radius 2 is 1.62 bits per heavy atom. The molecule has 1 aliphatic rings. The van der Waals surface area contributed by atoms with Gasteiger partial charge in [-0.15, -0.1) is 0 Å². The first kappa shape index (κ1) is 33.6. The third-order valence-electron chi connectivity index (χ3n) is 5.60. The summed E-state index contributed by atoms with van der Waals surface area (Å²) >= 11 is 0. The van der Waals surface area contributed by atoms with E-state index < -0.39 is 66.2 Å². The summed E-state index contributed by atoms with van der Waals surface area (Å²) in [7, 11) is 2.56. The fourth-order valence-corrected chi connectivity index (χ4v) is 3.83. The van der Waals surface area contributed by atoms with Crippen LogP contribution in [-0.4, -0.2) is 111 Å². The maximum absolute atomic E-state index is 12.8. The number of carbonyl (C=O) groups is 5. The molecule has 1 aliphatic heterocycles. The van der Waals surface area contributed by atoms with Gasteiger partial charge in [0.25, 0.3) is 5.91 Å². The lowest BCUT2D eigenvalue weighted by molar-refractivity contribution is -0.282. The summed E-state index contributed by atoms with van der Waals surface area (Å²) in [6.07, 6.45) is -8.13. The lowest BCUT2D eigenvalue weighted by Gasteiger charge is -2.43. The van der Waals surface area contributed by atoms with E-state index in [0.29, 0.717) is 0 Å². The minimum Gasteiger partial charge on any atom is -0.504 e. The van der Waals surface area contributed by atoms with Crippen LogP contribution in [0, 0.1) is 0 Å². The summed E-state index contributed by atoms with van der Waals surface area (Å²) in [5, 5.41) is 14.0. The van der Waals surface area contributed by atoms with Gasteiger partial charge in [0.2, 0.25) is 12.4 Å². The second-order valence-electron chi connectivity index (χ2n) is 8.76. The van der Waals surface area contributed by atoms with Crippen molar-refractivity contribution in [2.45, 2.75) is 51.5 Å². The number of hydrogen-bond donors (Lipinski definition) is 1. The molecule has 230 valence electrons. The highest BCUT2D eigenvalue weighted by Crippen LogP contribution is 2.34. The molecule has 0 radical (unpaired) electrons. The first-order chi connectivity index (χ1) is 19.9. The SMILES string of the molecule is COC(=O)[C@H]1O[C@@H](Oc2ccc(C(=O)N(C)CCOCCN=[N+]=[N-])cc2O)[C@H](OC(C)=O)[C@@H](OC(C)=O)[C@@H]1OC(C)=O. The molecule has 1 aromatic rings. The van der Waals surface area contributed by atoms with Crippen LogP contribution in [-0.2, 0) is 47.6 Å². The number of benzene rings is 1. The van der Waals surface area contributed by atoms with Gasteiger partial charge in [0.15, 0.2) is 29.8 Å². The van der Waals surface area contributed by atoms with Gasteiger partial charge >= 0.3 is 23.9 Å². The van der Waals surface area contributed by atoms with Crippen molar-refractivity contribution in [1.82, 2.24) is 4.90 Å². The number of likely N-dealkylation sites (N-methyl/N-ethyl adjacent to an activating group) is 1. The van der Waals surface area contributed by atoms with Gasteiger partial charge in [0.1, 0.15) is 0 Å². The Morgan fingerprint density at radius 1 is 1.00 bits per heavy atom. The highest BCUT2D eigenvalue weighted by molar-refractivity contribution is 5.94. The molecule has 17 heteroatoms. The number of carbonyl (C=O) groups excluding carboxylic acids is 5. The summed E-state index contributed by atoms with van der Waals surface area (Å²) in [4.78, 5) is 64.9. The molecule has 0 bridgehead atoms. The van der Waals surface area contributed by atoms with Gasteiger partial charge in [-0.05, 0) is 23.7 Å². The minimum atomic E-state index is -1.69. The van der Waals surface area contributed by atoms with E-state index >= 15 is 0 Å². The summed E-state index contributed by atoms with van der Waals surface area (Å²) in [5.41, 5.74) is 8.34. The Morgan fingerprint density at radius 3 is 2.19 bits per heavy atom. The Balaban J connectivity index is 2.31. The number of amides is 1. The fraction of sp³-hybridized carbons (Fsp3) is 0.560. The number of esters is 4. The van der Waals surface area contributed by atoms with Gasteiger partial charge in [0, 0.05) is 51.4 Å². The molecule has 0 aliphatic carbocycles. The van der Waals surface area contributed by atoms with Crippen molar-refractivity contribution < 1.29 is 62.2 Å². The number of phenolic OH excluding ortho intramolecular Hbond substituents is 1. The monoisotopic (exact) mass is 596 g/mol. The van der Waals surface area contributed by atoms with Crippen molar-refractivity contribution in [1.29, 1.82) is 0 Å². The molecule has 1 heterocycles. The molecule has 1 saturated heterocycles. The zero-order chi connectivity index (χ0) is 31.4. The molecule has 17 nitrogen and oxygen atoms in total. The van der Waals surface area contributed by atoms with Crippen LogP contribution >= 0.6 is 0 Å². The number of methoxy groups -OCH3 is 1. The Bertz CT molecular complexity index is 1200. The van der Waals surface area contributed by atoms with Crippen LogP contribution in [0.25, 0.3) is 10.4 Å². The van der Waals surface area contributed by atoms with Crippen molar-refractivity contribution >= 4 is 29.8 Å². The lowest BCUT2D eigenvalue weighted by Crippen LogP contribution is -2.64. The average molecular weight is 597 g/mol. The fourth-order valence-electron chi connectivity index (χ4n) is 3.83. The van der Waals surface area contributed by atoms with Crippen LogP contribution in [0.3, 0.4) is 0 Å². The topological polar surface area (TPSA) is 222 Å². The normalized spacial score (nSPS) is 21.2. The summed E-state index contributed by atoms with van der Waals surface area (Å²) in [5.74, 6) is -4.86. The second kappa shape index (κ2) is 16.0. The van der Waals surface area contributed by atoms with Gasteiger partial charge in [-0.1, -0.05) is 5.11 Å². The quantitative estimate of drug-likeness (QED) is 0.0834. The number of ether oxygens (including phenoxy) is 7. The van der Waals surface area contributed by atoms with Crippen molar-refractivity contribution in [3.05, 3.63) is 34.2 Å². The van der Waals surface area contributed by atoms with E-state index in [1.807, 2.05) is 0 Å². The van der Waals surface area contributed by atoms with Crippen LogP contribution < -0.4 is 4.74 Å². The zero-order valence-electron chi connectivity index (χ0n) is 23.6. The van der Waals surface area contributed by atoms with Gasteiger partial charge in [-0.25, -0.2) is 4.79 Å². The van der Waals surface area contributed by atoms with E-state index in [0.717, 1.165) is 33.9 Å². The Hall–Kier alpha value is -4.60. The van der Waals surface area contributed by atoms with Crippen LogP contribution in [0.1, 0.15) is 31.1 Å². The average Bonchev–Trinajstić information content (AvgIpc) is 2.92. The molecule has 0 spiro atoms. The summed E-state index contributed by atoms with van der Waals surface area (Å²) < 4.78 is 37.1. The molecular weight excluding hydrogens is 564 g/mol. The second-order valence-corrected chi connectivity index (χ2v) is 8.76. The predicted molar refractivity (Wildman–Crippen MR) is 138 cm³/mol. The first-order valence-electron chi connectivity index (χ1n) is 12.5.